The summed E-state index contributed by atoms with van der Waals surface area (Å²) in [5.41, 5.74) is 0.244. The number of nitrogens with one attached hydrogen (secondary N) is 1. The Kier molecular flexibility index (Phi) is 6.37. The van der Waals surface area contributed by atoms with Gasteiger partial charge in [-0.3, -0.25) is 0 Å². The highest BCUT2D eigenvalue weighted by atomic mass is 32.2. The Morgan fingerprint density at radius 3 is 2.27 bits per heavy atom. The number of aliphatic hydroxyl groups is 1. The first-order valence-corrected chi connectivity index (χ1v) is 8.56. The Labute approximate surface area is 132 Å². The van der Waals surface area contributed by atoms with Crippen molar-refractivity contribution in [2.24, 2.45) is 0 Å². The number of hydrogen-bond donors (Lipinski definition) is 2. The van der Waals surface area contributed by atoms with Gasteiger partial charge in [-0.1, -0.05) is 0 Å². The standard InChI is InChI=1S/C15H25NO5S/c1-6-21-14-11(2)7-13(8-12(14)3)22(18,19)16-9-15(4,17)10-20-5/h7-8,16-17H,6,9-10H2,1-5H3. The van der Waals surface area contributed by atoms with Gasteiger partial charge in [0, 0.05) is 13.7 Å². The Bertz CT molecular complexity index is 587. The van der Waals surface area contributed by atoms with E-state index in [2.05, 4.69) is 4.72 Å². The maximum atomic E-state index is 12.4. The summed E-state index contributed by atoms with van der Waals surface area (Å²) < 4.78 is 37.5. The van der Waals surface area contributed by atoms with Crippen molar-refractivity contribution >= 4 is 10.0 Å². The third-order valence-electron chi connectivity index (χ3n) is 3.13. The van der Waals surface area contributed by atoms with Crippen molar-refractivity contribution < 1.29 is 23.0 Å². The lowest BCUT2D eigenvalue weighted by atomic mass is 10.1. The molecule has 0 aliphatic carbocycles. The van der Waals surface area contributed by atoms with Crippen LogP contribution in [0.5, 0.6) is 5.75 Å². The van der Waals surface area contributed by atoms with Gasteiger partial charge in [-0.05, 0) is 51.0 Å². The Balaban J connectivity index is 2.99. The van der Waals surface area contributed by atoms with Crippen molar-refractivity contribution in [3.63, 3.8) is 0 Å². The first-order chi connectivity index (χ1) is 10.1. The summed E-state index contributed by atoms with van der Waals surface area (Å²) in [6, 6.07) is 3.12. The van der Waals surface area contributed by atoms with E-state index in [1.54, 1.807) is 26.0 Å². The van der Waals surface area contributed by atoms with Crippen LogP contribution in [0, 0.1) is 13.8 Å². The van der Waals surface area contributed by atoms with Crippen LogP contribution in [0.15, 0.2) is 17.0 Å². The SMILES string of the molecule is CCOc1c(C)cc(S(=O)(=O)NCC(C)(O)COC)cc1C. The second kappa shape index (κ2) is 7.41. The molecular weight excluding hydrogens is 306 g/mol. The van der Waals surface area contributed by atoms with Crippen LogP contribution >= 0.6 is 0 Å². The average molecular weight is 331 g/mol. The molecule has 6 nitrogen and oxygen atoms in total. The van der Waals surface area contributed by atoms with Crippen LogP contribution in [0.3, 0.4) is 0 Å². The number of aryl methyl sites for hydroxylation is 2. The Hall–Kier alpha value is -1.15. The highest BCUT2D eigenvalue weighted by Gasteiger charge is 2.25. The van der Waals surface area contributed by atoms with Crippen LogP contribution in [0.25, 0.3) is 0 Å². The molecule has 0 heterocycles. The number of methoxy groups -OCH3 is 1. The van der Waals surface area contributed by atoms with Gasteiger partial charge in [0.2, 0.25) is 10.0 Å². The number of sulfonamides is 1. The van der Waals surface area contributed by atoms with E-state index in [9.17, 15) is 13.5 Å². The Morgan fingerprint density at radius 2 is 1.82 bits per heavy atom. The minimum absolute atomic E-state index is 0.0385. The van der Waals surface area contributed by atoms with Crippen LogP contribution in [0.1, 0.15) is 25.0 Å². The summed E-state index contributed by atoms with van der Waals surface area (Å²) in [7, 11) is -2.26. The van der Waals surface area contributed by atoms with Gasteiger partial charge in [0.25, 0.3) is 0 Å². The van der Waals surface area contributed by atoms with Crippen LogP contribution in [0.4, 0.5) is 0 Å². The number of rotatable bonds is 8. The molecule has 0 aromatic heterocycles. The average Bonchev–Trinajstić information content (AvgIpc) is 2.41. The van der Waals surface area contributed by atoms with E-state index in [1.165, 1.54) is 14.0 Å². The van der Waals surface area contributed by atoms with Crippen LogP contribution in [-0.2, 0) is 14.8 Å². The molecule has 1 aromatic carbocycles. The molecule has 1 atom stereocenters. The summed E-state index contributed by atoms with van der Waals surface area (Å²) in [4.78, 5) is 0.152. The lowest BCUT2D eigenvalue weighted by Gasteiger charge is -2.22. The Morgan fingerprint density at radius 1 is 1.27 bits per heavy atom. The van der Waals surface area contributed by atoms with Crippen molar-refractivity contribution in [2.45, 2.75) is 38.2 Å². The molecule has 0 amide bonds. The highest BCUT2D eigenvalue weighted by molar-refractivity contribution is 7.89. The van der Waals surface area contributed by atoms with E-state index in [0.717, 1.165) is 11.1 Å². The molecule has 0 saturated heterocycles. The van der Waals surface area contributed by atoms with Crippen molar-refractivity contribution in [2.75, 3.05) is 26.9 Å². The van der Waals surface area contributed by atoms with Crippen molar-refractivity contribution in [1.82, 2.24) is 4.72 Å². The zero-order chi connectivity index (χ0) is 17.0. The van der Waals surface area contributed by atoms with E-state index in [0.29, 0.717) is 12.4 Å². The van der Waals surface area contributed by atoms with Crippen molar-refractivity contribution in [1.29, 1.82) is 0 Å². The lowest BCUT2D eigenvalue weighted by molar-refractivity contribution is -0.0119. The molecule has 126 valence electrons. The lowest BCUT2D eigenvalue weighted by Crippen LogP contribution is -2.43. The van der Waals surface area contributed by atoms with E-state index in [4.69, 9.17) is 9.47 Å². The van der Waals surface area contributed by atoms with Gasteiger partial charge in [0.15, 0.2) is 0 Å². The second-order valence-corrected chi connectivity index (χ2v) is 7.34. The highest BCUT2D eigenvalue weighted by Crippen LogP contribution is 2.26. The smallest absolute Gasteiger partial charge is 0.240 e. The summed E-state index contributed by atoms with van der Waals surface area (Å²) >= 11 is 0. The zero-order valence-corrected chi connectivity index (χ0v) is 14.6. The number of benzene rings is 1. The van der Waals surface area contributed by atoms with Crippen molar-refractivity contribution in [3.05, 3.63) is 23.3 Å². The molecule has 1 unspecified atom stereocenters. The third-order valence-corrected chi connectivity index (χ3v) is 4.51. The molecule has 0 aliphatic heterocycles. The van der Waals surface area contributed by atoms with Gasteiger partial charge >= 0.3 is 0 Å². The summed E-state index contributed by atoms with van der Waals surface area (Å²) in [6.07, 6.45) is 0. The van der Waals surface area contributed by atoms with E-state index in [-0.39, 0.29) is 18.0 Å². The molecule has 7 heteroatoms. The first-order valence-electron chi connectivity index (χ1n) is 7.08. The summed E-state index contributed by atoms with van der Waals surface area (Å²) in [6.45, 7) is 7.42. The van der Waals surface area contributed by atoms with E-state index >= 15 is 0 Å². The minimum atomic E-state index is -3.71. The normalized spacial score (nSPS) is 14.6. The fourth-order valence-electron chi connectivity index (χ4n) is 2.13. The van der Waals surface area contributed by atoms with Crippen LogP contribution < -0.4 is 9.46 Å². The molecule has 22 heavy (non-hydrogen) atoms. The summed E-state index contributed by atoms with van der Waals surface area (Å²) in [5.74, 6) is 0.702. The van der Waals surface area contributed by atoms with Gasteiger partial charge < -0.3 is 14.6 Å². The maximum absolute atomic E-state index is 12.4. The molecule has 1 aromatic rings. The molecular formula is C15H25NO5S. The molecule has 1 rings (SSSR count). The summed E-state index contributed by atoms with van der Waals surface area (Å²) in [5, 5.41) is 9.98. The maximum Gasteiger partial charge on any atom is 0.240 e. The number of hydrogen-bond acceptors (Lipinski definition) is 5. The third kappa shape index (κ3) is 4.95. The first kappa shape index (κ1) is 18.9. The van der Waals surface area contributed by atoms with Gasteiger partial charge in [0.1, 0.15) is 5.75 Å². The molecule has 0 fully saturated rings. The zero-order valence-electron chi connectivity index (χ0n) is 13.8. The molecule has 0 bridgehead atoms. The van der Waals surface area contributed by atoms with Gasteiger partial charge in [-0.15, -0.1) is 0 Å². The quantitative estimate of drug-likeness (QED) is 0.752. The van der Waals surface area contributed by atoms with Crippen LogP contribution in [-0.4, -0.2) is 46.0 Å². The van der Waals surface area contributed by atoms with E-state index in [1.807, 2.05) is 6.92 Å². The fraction of sp³-hybridized carbons (Fsp3) is 0.600. The largest absolute Gasteiger partial charge is 0.493 e. The molecule has 0 saturated carbocycles. The van der Waals surface area contributed by atoms with E-state index < -0.39 is 15.6 Å². The minimum Gasteiger partial charge on any atom is -0.493 e. The number of ether oxygens (including phenoxy) is 2. The van der Waals surface area contributed by atoms with Gasteiger partial charge in [0.05, 0.1) is 23.7 Å². The molecule has 0 aliphatic rings. The predicted octanol–water partition coefficient (Wildman–Crippen LogP) is 1.38. The van der Waals surface area contributed by atoms with Gasteiger partial charge in [-0.25, -0.2) is 13.1 Å². The topological polar surface area (TPSA) is 84.9 Å². The van der Waals surface area contributed by atoms with Crippen molar-refractivity contribution in [3.8, 4) is 5.75 Å². The van der Waals surface area contributed by atoms with Crippen LogP contribution in [0.2, 0.25) is 0 Å². The monoisotopic (exact) mass is 331 g/mol. The fourth-order valence-corrected chi connectivity index (χ4v) is 3.46. The molecule has 0 spiro atoms. The van der Waals surface area contributed by atoms with Gasteiger partial charge in [-0.2, -0.15) is 0 Å². The molecule has 0 radical (unpaired) electrons. The second-order valence-electron chi connectivity index (χ2n) is 5.57. The molecule has 2 N–H and O–H groups in total. The predicted molar refractivity (Wildman–Crippen MR) is 84.8 cm³/mol.